The van der Waals surface area contributed by atoms with Gasteiger partial charge in [-0.05, 0) is 38.2 Å². The van der Waals surface area contributed by atoms with Gasteiger partial charge in [-0.15, -0.1) is 0 Å². The largest absolute Gasteiger partial charge is 0.398 e. The van der Waals surface area contributed by atoms with Crippen LogP contribution in [0.3, 0.4) is 0 Å². The molecule has 3 N–H and O–H groups in total. The third-order valence-electron chi connectivity index (χ3n) is 3.97. The van der Waals surface area contributed by atoms with Crippen LogP contribution in [-0.2, 0) is 10.0 Å². The quantitative estimate of drug-likeness (QED) is 0.752. The van der Waals surface area contributed by atoms with E-state index in [0.29, 0.717) is 6.54 Å². The zero-order valence-corrected chi connectivity index (χ0v) is 14.5. The molecule has 0 saturated carbocycles. The Hall–Kier alpha value is -0.790. The fraction of sp³-hybridized carbons (Fsp3) is 0.571. The minimum absolute atomic E-state index is 0.134. The second kappa shape index (κ2) is 6.98. The molecule has 1 aromatic carbocycles. The van der Waals surface area contributed by atoms with Crippen LogP contribution in [0, 0.1) is 12.7 Å². The van der Waals surface area contributed by atoms with Gasteiger partial charge < -0.3 is 5.73 Å². The number of halogens is 1. The second-order valence-corrected chi connectivity index (χ2v) is 8.08. The fourth-order valence-corrected chi connectivity index (χ4v) is 4.06. The highest BCUT2D eigenvalue weighted by Gasteiger charge is 2.28. The van der Waals surface area contributed by atoms with E-state index in [1.165, 1.54) is 13.0 Å². The molecule has 0 aromatic heterocycles. The molecule has 0 spiro atoms. The number of nitrogen functional groups attached to an aromatic ring is 1. The van der Waals surface area contributed by atoms with Crippen molar-refractivity contribution in [1.82, 2.24) is 4.72 Å². The summed E-state index contributed by atoms with van der Waals surface area (Å²) in [6.07, 6.45) is 3.65. The smallest absolute Gasteiger partial charge is 0.240 e. The highest BCUT2D eigenvalue weighted by molar-refractivity contribution is 8.00. The summed E-state index contributed by atoms with van der Waals surface area (Å²) in [6.45, 7) is 5.87. The van der Waals surface area contributed by atoms with E-state index in [1.807, 2.05) is 20.1 Å². The Balaban J connectivity index is 3.03. The summed E-state index contributed by atoms with van der Waals surface area (Å²) in [5, 5.41) is 0. The number of thioether (sulfide) groups is 1. The summed E-state index contributed by atoms with van der Waals surface area (Å²) in [7, 11) is -3.77. The number of hydrogen-bond acceptors (Lipinski definition) is 4. The van der Waals surface area contributed by atoms with Crippen LogP contribution in [0.2, 0.25) is 0 Å². The van der Waals surface area contributed by atoms with Crippen molar-refractivity contribution in [2.24, 2.45) is 0 Å². The first-order chi connectivity index (χ1) is 9.71. The zero-order chi connectivity index (χ0) is 16.3. The Morgan fingerprint density at radius 2 is 1.90 bits per heavy atom. The molecular formula is C14H23FN2O2S2. The van der Waals surface area contributed by atoms with Gasteiger partial charge in [-0.1, -0.05) is 13.8 Å². The van der Waals surface area contributed by atoms with Gasteiger partial charge in [0.05, 0.1) is 4.90 Å². The lowest BCUT2D eigenvalue weighted by Crippen LogP contribution is -2.39. The Bertz CT molecular complexity index is 568. The highest BCUT2D eigenvalue weighted by Crippen LogP contribution is 2.30. The molecule has 0 bridgehead atoms. The lowest BCUT2D eigenvalue weighted by atomic mass is 10.0. The van der Waals surface area contributed by atoms with Crippen molar-refractivity contribution < 1.29 is 12.8 Å². The molecule has 0 atom stereocenters. The lowest BCUT2D eigenvalue weighted by Gasteiger charge is -2.29. The average molecular weight is 334 g/mol. The van der Waals surface area contributed by atoms with Crippen LogP contribution in [0.25, 0.3) is 0 Å². The van der Waals surface area contributed by atoms with Gasteiger partial charge in [0, 0.05) is 22.5 Å². The standard InChI is InChI=1S/C14H23FN2O2S2/c1-5-14(6-2,20-4)9-17-21(18,19)11-7-12(15)10(3)13(16)8-11/h7-8,17H,5-6,9,16H2,1-4H3. The number of sulfonamides is 1. The van der Waals surface area contributed by atoms with Crippen LogP contribution in [-0.4, -0.2) is 26.0 Å². The molecule has 0 amide bonds. The average Bonchev–Trinajstić information content (AvgIpc) is 2.46. The van der Waals surface area contributed by atoms with E-state index in [9.17, 15) is 12.8 Å². The minimum Gasteiger partial charge on any atom is -0.398 e. The van der Waals surface area contributed by atoms with Crippen LogP contribution in [0.15, 0.2) is 17.0 Å². The molecular weight excluding hydrogens is 311 g/mol. The Kier molecular flexibility index (Phi) is 6.07. The topological polar surface area (TPSA) is 72.2 Å². The van der Waals surface area contributed by atoms with Crippen molar-refractivity contribution in [3.05, 3.63) is 23.5 Å². The Morgan fingerprint density at radius 3 is 2.33 bits per heavy atom. The molecule has 21 heavy (non-hydrogen) atoms. The molecule has 1 rings (SSSR count). The van der Waals surface area contributed by atoms with E-state index < -0.39 is 15.8 Å². The molecule has 0 aliphatic rings. The molecule has 1 aromatic rings. The molecule has 0 unspecified atom stereocenters. The predicted molar refractivity (Wildman–Crippen MR) is 87.6 cm³/mol. The zero-order valence-electron chi connectivity index (χ0n) is 12.9. The molecule has 0 heterocycles. The minimum atomic E-state index is -3.77. The van der Waals surface area contributed by atoms with Gasteiger partial charge >= 0.3 is 0 Å². The molecule has 0 saturated heterocycles. The van der Waals surface area contributed by atoms with Gasteiger partial charge in [0.2, 0.25) is 10.0 Å². The van der Waals surface area contributed by atoms with Crippen LogP contribution < -0.4 is 10.5 Å². The Labute approximate surface area is 130 Å². The SMILES string of the molecule is CCC(CC)(CNS(=O)(=O)c1cc(N)c(C)c(F)c1)SC. The van der Waals surface area contributed by atoms with Gasteiger partial charge in [-0.25, -0.2) is 17.5 Å². The van der Waals surface area contributed by atoms with Crippen molar-refractivity contribution >= 4 is 27.5 Å². The van der Waals surface area contributed by atoms with E-state index in [4.69, 9.17) is 5.73 Å². The molecule has 4 nitrogen and oxygen atoms in total. The maximum absolute atomic E-state index is 13.7. The maximum atomic E-state index is 13.7. The van der Waals surface area contributed by atoms with Gasteiger partial charge in [0.1, 0.15) is 5.82 Å². The van der Waals surface area contributed by atoms with Crippen LogP contribution in [0.5, 0.6) is 0 Å². The number of rotatable bonds is 7. The number of benzene rings is 1. The summed E-state index contributed by atoms with van der Waals surface area (Å²) in [6, 6.07) is 2.30. The number of nitrogens with one attached hydrogen (secondary N) is 1. The summed E-state index contributed by atoms with van der Waals surface area (Å²) in [5.74, 6) is -0.613. The molecule has 7 heteroatoms. The summed E-state index contributed by atoms with van der Waals surface area (Å²) < 4.78 is 40.7. The number of hydrogen-bond donors (Lipinski definition) is 2. The van der Waals surface area contributed by atoms with E-state index in [-0.39, 0.29) is 20.9 Å². The molecule has 0 fully saturated rings. The van der Waals surface area contributed by atoms with Crippen molar-refractivity contribution in [2.75, 3.05) is 18.5 Å². The molecule has 120 valence electrons. The third-order valence-corrected chi connectivity index (χ3v) is 6.94. The van der Waals surface area contributed by atoms with Gasteiger partial charge in [-0.2, -0.15) is 11.8 Å². The van der Waals surface area contributed by atoms with Crippen LogP contribution in [0.4, 0.5) is 10.1 Å². The first-order valence-corrected chi connectivity index (χ1v) is 9.52. The van der Waals surface area contributed by atoms with Crippen LogP contribution in [0.1, 0.15) is 32.3 Å². The van der Waals surface area contributed by atoms with E-state index >= 15 is 0 Å². The Morgan fingerprint density at radius 1 is 1.33 bits per heavy atom. The first kappa shape index (κ1) is 18.3. The third kappa shape index (κ3) is 4.11. The summed E-state index contributed by atoms with van der Waals surface area (Å²) in [5.41, 5.74) is 6.04. The lowest BCUT2D eigenvalue weighted by molar-refractivity contribution is 0.521. The molecule has 0 aliphatic carbocycles. The van der Waals surface area contributed by atoms with E-state index in [0.717, 1.165) is 18.9 Å². The van der Waals surface area contributed by atoms with E-state index in [2.05, 4.69) is 4.72 Å². The summed E-state index contributed by atoms with van der Waals surface area (Å²) >= 11 is 1.64. The van der Waals surface area contributed by atoms with Crippen LogP contribution >= 0.6 is 11.8 Å². The van der Waals surface area contributed by atoms with Crippen molar-refractivity contribution in [1.29, 1.82) is 0 Å². The highest BCUT2D eigenvalue weighted by atomic mass is 32.2. The fourth-order valence-electron chi connectivity index (χ4n) is 2.00. The van der Waals surface area contributed by atoms with Crippen molar-refractivity contribution in [2.45, 2.75) is 43.3 Å². The van der Waals surface area contributed by atoms with E-state index in [1.54, 1.807) is 11.8 Å². The molecule has 0 aliphatic heterocycles. The maximum Gasteiger partial charge on any atom is 0.240 e. The first-order valence-electron chi connectivity index (χ1n) is 6.81. The predicted octanol–water partition coefficient (Wildman–Crippen LogP) is 2.92. The van der Waals surface area contributed by atoms with Crippen molar-refractivity contribution in [3.63, 3.8) is 0 Å². The van der Waals surface area contributed by atoms with Gasteiger partial charge in [0.15, 0.2) is 0 Å². The molecule has 0 radical (unpaired) electrons. The number of nitrogens with two attached hydrogens (primary N) is 1. The van der Waals surface area contributed by atoms with Gasteiger partial charge in [0.25, 0.3) is 0 Å². The number of anilines is 1. The summed E-state index contributed by atoms with van der Waals surface area (Å²) in [4.78, 5) is -0.134. The van der Waals surface area contributed by atoms with Gasteiger partial charge in [-0.3, -0.25) is 0 Å². The normalized spacial score (nSPS) is 12.6. The van der Waals surface area contributed by atoms with Crippen molar-refractivity contribution in [3.8, 4) is 0 Å². The second-order valence-electron chi connectivity index (χ2n) is 5.04. The monoisotopic (exact) mass is 334 g/mol.